The fourth-order valence-electron chi connectivity index (χ4n) is 6.23. The number of nitrogens with zero attached hydrogens (tertiary/aromatic N) is 6. The number of tetrazole rings is 1. The summed E-state index contributed by atoms with van der Waals surface area (Å²) in [6.45, 7) is 7.40. The van der Waals surface area contributed by atoms with Crippen molar-refractivity contribution in [3.8, 4) is 5.75 Å². The molecule has 1 aliphatic heterocycles. The number of fused-ring (bicyclic) bond motifs is 1. The molecule has 38 heavy (non-hydrogen) atoms. The number of pyridine rings is 1. The van der Waals surface area contributed by atoms with Crippen molar-refractivity contribution >= 4 is 16.6 Å². The van der Waals surface area contributed by atoms with Crippen molar-refractivity contribution in [1.82, 2.24) is 30.1 Å². The van der Waals surface area contributed by atoms with E-state index < -0.39 is 0 Å². The number of aryl methyl sites for hydroxylation is 2. The summed E-state index contributed by atoms with van der Waals surface area (Å²) < 4.78 is 7.32. The van der Waals surface area contributed by atoms with Gasteiger partial charge in [0, 0.05) is 37.4 Å². The molecule has 2 fully saturated rings. The third kappa shape index (κ3) is 4.55. The van der Waals surface area contributed by atoms with Crippen LogP contribution >= 0.6 is 0 Å². The molecule has 0 spiro atoms. The Kier molecular flexibility index (Phi) is 6.61. The fourth-order valence-corrected chi connectivity index (χ4v) is 6.23. The Morgan fingerprint density at radius 3 is 2.45 bits per heavy atom. The zero-order valence-electron chi connectivity index (χ0n) is 22.4. The number of anilines is 1. The van der Waals surface area contributed by atoms with E-state index in [9.17, 15) is 4.79 Å². The van der Waals surface area contributed by atoms with E-state index in [4.69, 9.17) is 4.74 Å². The van der Waals surface area contributed by atoms with Gasteiger partial charge in [-0.2, -0.15) is 0 Å². The molecule has 4 aromatic rings. The molecule has 0 amide bonds. The summed E-state index contributed by atoms with van der Waals surface area (Å²) in [6.07, 6.45) is 4.51. The van der Waals surface area contributed by atoms with Crippen LogP contribution in [0.3, 0.4) is 0 Å². The molecule has 2 aromatic carbocycles. The lowest BCUT2D eigenvalue weighted by Gasteiger charge is -2.39. The number of benzene rings is 2. The molecule has 6 rings (SSSR count). The van der Waals surface area contributed by atoms with Gasteiger partial charge >= 0.3 is 0 Å². The lowest BCUT2D eigenvalue weighted by molar-refractivity contribution is 0.197. The first kappa shape index (κ1) is 24.6. The number of H-pyrrole nitrogens is 1. The van der Waals surface area contributed by atoms with Crippen LogP contribution in [0.2, 0.25) is 0 Å². The molecule has 1 saturated heterocycles. The summed E-state index contributed by atoms with van der Waals surface area (Å²) in [5.41, 5.74) is 4.94. The van der Waals surface area contributed by atoms with Gasteiger partial charge in [-0.05, 0) is 84.5 Å². The van der Waals surface area contributed by atoms with Gasteiger partial charge in [0.1, 0.15) is 11.8 Å². The van der Waals surface area contributed by atoms with Gasteiger partial charge in [0.05, 0.1) is 18.7 Å². The summed E-state index contributed by atoms with van der Waals surface area (Å²) in [7, 11) is 1.68. The topological polar surface area (TPSA) is 92.2 Å². The Morgan fingerprint density at radius 1 is 1.00 bits per heavy atom. The molecule has 1 N–H and O–H groups in total. The van der Waals surface area contributed by atoms with Crippen LogP contribution in [0.4, 0.5) is 5.69 Å². The molecule has 0 bridgehead atoms. The minimum atomic E-state index is -0.322. The Hall–Kier alpha value is -3.72. The van der Waals surface area contributed by atoms with E-state index in [0.717, 1.165) is 67.1 Å². The highest BCUT2D eigenvalue weighted by atomic mass is 16.5. The van der Waals surface area contributed by atoms with Crippen molar-refractivity contribution in [2.75, 3.05) is 38.2 Å². The van der Waals surface area contributed by atoms with Gasteiger partial charge in [-0.15, -0.1) is 5.10 Å². The quantitative estimate of drug-likeness (QED) is 0.414. The molecule has 2 aromatic heterocycles. The summed E-state index contributed by atoms with van der Waals surface area (Å²) in [6, 6.07) is 14.5. The highest BCUT2D eigenvalue weighted by Gasteiger charge is 2.34. The molecular weight excluding hydrogens is 478 g/mol. The number of ether oxygens (including phenoxy) is 1. The second-order valence-electron chi connectivity index (χ2n) is 10.6. The van der Waals surface area contributed by atoms with Gasteiger partial charge in [0.25, 0.3) is 5.56 Å². The smallest absolute Gasteiger partial charge is 0.253 e. The first-order chi connectivity index (χ1) is 18.5. The SMILES string of the molecule is COc1ccc(N2CCN(C(c3cc4cc(C)cc(C)c4[nH]c3=O)c3nnnn3C3CCCC3)CC2)cc1. The molecule has 198 valence electrons. The molecule has 1 unspecified atom stereocenters. The molecule has 0 radical (unpaired) electrons. The van der Waals surface area contributed by atoms with Crippen molar-refractivity contribution in [1.29, 1.82) is 0 Å². The maximum Gasteiger partial charge on any atom is 0.253 e. The largest absolute Gasteiger partial charge is 0.497 e. The van der Waals surface area contributed by atoms with E-state index in [1.54, 1.807) is 7.11 Å². The van der Waals surface area contributed by atoms with Crippen LogP contribution in [0.5, 0.6) is 5.75 Å². The molecule has 1 saturated carbocycles. The second-order valence-corrected chi connectivity index (χ2v) is 10.6. The number of aromatic nitrogens is 5. The van der Waals surface area contributed by atoms with Crippen molar-refractivity contribution in [2.24, 2.45) is 0 Å². The van der Waals surface area contributed by atoms with Crippen LogP contribution in [0.15, 0.2) is 47.3 Å². The number of piperazine rings is 1. The Bertz CT molecular complexity index is 1480. The Balaban J connectivity index is 1.38. The van der Waals surface area contributed by atoms with E-state index in [2.05, 4.69) is 67.6 Å². The fraction of sp³-hybridized carbons (Fsp3) is 0.448. The minimum absolute atomic E-state index is 0.0759. The summed E-state index contributed by atoms with van der Waals surface area (Å²) in [4.78, 5) is 21.6. The Morgan fingerprint density at radius 2 is 1.74 bits per heavy atom. The number of aromatic amines is 1. The van der Waals surface area contributed by atoms with Crippen LogP contribution in [0.1, 0.15) is 60.3 Å². The van der Waals surface area contributed by atoms with Gasteiger partial charge in [0.15, 0.2) is 5.82 Å². The third-order valence-corrected chi connectivity index (χ3v) is 8.17. The standard InChI is InChI=1S/C29H35N7O2/c1-19-16-20(2)26-21(17-19)18-25(29(37)30-26)27(28-31-32-33-36(28)23-6-4-5-7-23)35-14-12-34(13-15-35)22-8-10-24(38-3)11-9-22/h8-11,16-18,23,27H,4-7,12-15H2,1-3H3,(H,30,37). The molecule has 1 atom stereocenters. The first-order valence-corrected chi connectivity index (χ1v) is 13.6. The normalized spacial score (nSPS) is 17.8. The zero-order chi connectivity index (χ0) is 26.2. The Labute approximate surface area is 222 Å². The molecule has 9 heteroatoms. The maximum atomic E-state index is 13.6. The first-order valence-electron chi connectivity index (χ1n) is 13.6. The predicted molar refractivity (Wildman–Crippen MR) is 148 cm³/mol. The van der Waals surface area contributed by atoms with Gasteiger partial charge in [-0.3, -0.25) is 9.69 Å². The molecule has 9 nitrogen and oxygen atoms in total. The van der Waals surface area contributed by atoms with E-state index in [1.807, 2.05) is 23.7 Å². The average molecular weight is 514 g/mol. The van der Waals surface area contributed by atoms with Crippen LogP contribution in [-0.2, 0) is 0 Å². The number of methoxy groups -OCH3 is 1. The lowest BCUT2D eigenvalue weighted by atomic mass is 10.00. The van der Waals surface area contributed by atoms with Crippen molar-refractivity contribution in [2.45, 2.75) is 51.6 Å². The highest BCUT2D eigenvalue weighted by molar-refractivity contribution is 5.83. The van der Waals surface area contributed by atoms with E-state index in [1.165, 1.54) is 24.1 Å². The molecule has 3 heterocycles. The average Bonchev–Trinajstić information content (AvgIpc) is 3.63. The van der Waals surface area contributed by atoms with E-state index in [-0.39, 0.29) is 17.6 Å². The van der Waals surface area contributed by atoms with Crippen molar-refractivity contribution in [3.05, 3.63) is 75.3 Å². The van der Waals surface area contributed by atoms with Crippen molar-refractivity contribution < 1.29 is 4.74 Å². The second kappa shape index (κ2) is 10.2. The van der Waals surface area contributed by atoms with Gasteiger partial charge < -0.3 is 14.6 Å². The van der Waals surface area contributed by atoms with Gasteiger partial charge in [-0.1, -0.05) is 24.5 Å². The molecule has 2 aliphatic rings. The van der Waals surface area contributed by atoms with Gasteiger partial charge in [0.2, 0.25) is 0 Å². The number of hydrogen-bond donors (Lipinski definition) is 1. The monoisotopic (exact) mass is 513 g/mol. The number of nitrogens with one attached hydrogen (secondary N) is 1. The predicted octanol–water partition coefficient (Wildman–Crippen LogP) is 4.17. The number of rotatable bonds is 6. The van der Waals surface area contributed by atoms with Crippen LogP contribution in [0.25, 0.3) is 10.9 Å². The van der Waals surface area contributed by atoms with Crippen LogP contribution in [-0.4, -0.2) is 63.4 Å². The number of hydrogen-bond acceptors (Lipinski definition) is 7. The van der Waals surface area contributed by atoms with E-state index >= 15 is 0 Å². The molecular formula is C29H35N7O2. The summed E-state index contributed by atoms with van der Waals surface area (Å²) >= 11 is 0. The minimum Gasteiger partial charge on any atom is -0.497 e. The van der Waals surface area contributed by atoms with Crippen LogP contribution in [0, 0.1) is 13.8 Å². The maximum absolute atomic E-state index is 13.6. The third-order valence-electron chi connectivity index (χ3n) is 8.17. The van der Waals surface area contributed by atoms with Crippen LogP contribution < -0.4 is 15.2 Å². The molecule has 1 aliphatic carbocycles. The summed E-state index contributed by atoms with van der Waals surface area (Å²) in [5, 5.41) is 14.1. The zero-order valence-corrected chi connectivity index (χ0v) is 22.4. The van der Waals surface area contributed by atoms with Crippen molar-refractivity contribution in [3.63, 3.8) is 0 Å². The van der Waals surface area contributed by atoms with Gasteiger partial charge in [-0.25, -0.2) is 4.68 Å². The summed E-state index contributed by atoms with van der Waals surface area (Å²) in [5.74, 6) is 1.62. The van der Waals surface area contributed by atoms with E-state index in [0.29, 0.717) is 5.56 Å². The lowest BCUT2D eigenvalue weighted by Crippen LogP contribution is -2.49. The highest BCUT2D eigenvalue weighted by Crippen LogP contribution is 2.35.